The minimum Gasteiger partial charge on any atom is -0.352 e. The van der Waals surface area contributed by atoms with Crippen LogP contribution in [0.15, 0.2) is 0 Å². The molecule has 2 amide bonds. The highest BCUT2D eigenvalue weighted by Crippen LogP contribution is 2.18. The zero-order chi connectivity index (χ0) is 12.3. The molecular weight excluding hydrogens is 218 g/mol. The Hall–Kier alpha value is -1.10. The highest BCUT2D eigenvalue weighted by atomic mass is 16.2. The molecule has 5 nitrogen and oxygen atoms in total. The quantitative estimate of drug-likeness (QED) is 0.634. The van der Waals surface area contributed by atoms with Crippen molar-refractivity contribution in [1.29, 1.82) is 0 Å². The summed E-state index contributed by atoms with van der Waals surface area (Å²) >= 11 is 0. The maximum absolute atomic E-state index is 11.9. The van der Waals surface area contributed by atoms with Crippen molar-refractivity contribution in [2.75, 3.05) is 13.1 Å². The van der Waals surface area contributed by atoms with Crippen LogP contribution in [0.25, 0.3) is 0 Å². The normalized spacial score (nSPS) is 28.5. The van der Waals surface area contributed by atoms with Crippen LogP contribution in [0.4, 0.5) is 0 Å². The summed E-state index contributed by atoms with van der Waals surface area (Å²) < 4.78 is 0. The van der Waals surface area contributed by atoms with Crippen LogP contribution in [0, 0.1) is 5.92 Å². The van der Waals surface area contributed by atoms with Crippen molar-refractivity contribution in [3.63, 3.8) is 0 Å². The molecule has 3 N–H and O–H groups in total. The molecule has 1 aliphatic heterocycles. The highest BCUT2D eigenvalue weighted by molar-refractivity contribution is 5.86. The molecule has 1 saturated carbocycles. The Labute approximate surface area is 102 Å². The Morgan fingerprint density at radius 2 is 2.06 bits per heavy atom. The van der Waals surface area contributed by atoms with Gasteiger partial charge in [-0.05, 0) is 39.2 Å². The van der Waals surface area contributed by atoms with E-state index >= 15 is 0 Å². The van der Waals surface area contributed by atoms with Gasteiger partial charge in [0.25, 0.3) is 0 Å². The summed E-state index contributed by atoms with van der Waals surface area (Å²) in [7, 11) is 0. The highest BCUT2D eigenvalue weighted by Gasteiger charge is 2.28. The standard InChI is InChI=1S/C12H21N3O2/c1-8-10(3-2-6-13-8)12(17)14-7-11(16)15-9-4-5-9/h8-10,13H,2-7H2,1H3,(H,14,17)(H,15,16). The maximum Gasteiger partial charge on any atom is 0.239 e. The van der Waals surface area contributed by atoms with Crippen LogP contribution in [-0.2, 0) is 9.59 Å². The van der Waals surface area contributed by atoms with E-state index in [1.54, 1.807) is 0 Å². The van der Waals surface area contributed by atoms with Gasteiger partial charge in [-0.2, -0.15) is 0 Å². The molecule has 1 heterocycles. The molecular formula is C12H21N3O2. The molecule has 0 bridgehead atoms. The molecule has 5 heteroatoms. The summed E-state index contributed by atoms with van der Waals surface area (Å²) in [4.78, 5) is 23.3. The Morgan fingerprint density at radius 1 is 1.29 bits per heavy atom. The molecule has 1 saturated heterocycles. The largest absolute Gasteiger partial charge is 0.352 e. The van der Waals surface area contributed by atoms with Gasteiger partial charge in [-0.15, -0.1) is 0 Å². The molecule has 96 valence electrons. The van der Waals surface area contributed by atoms with E-state index in [2.05, 4.69) is 16.0 Å². The Morgan fingerprint density at radius 3 is 2.71 bits per heavy atom. The molecule has 0 aromatic rings. The van der Waals surface area contributed by atoms with Gasteiger partial charge in [0.1, 0.15) is 0 Å². The third kappa shape index (κ3) is 3.70. The zero-order valence-electron chi connectivity index (χ0n) is 10.3. The lowest BCUT2D eigenvalue weighted by Gasteiger charge is -2.28. The van der Waals surface area contributed by atoms with Crippen molar-refractivity contribution >= 4 is 11.8 Å². The predicted octanol–water partition coefficient (Wildman–Crippen LogP) is -0.231. The topological polar surface area (TPSA) is 70.2 Å². The molecule has 2 atom stereocenters. The first-order valence-corrected chi connectivity index (χ1v) is 6.47. The zero-order valence-corrected chi connectivity index (χ0v) is 10.3. The van der Waals surface area contributed by atoms with E-state index in [0.717, 1.165) is 32.2 Å². The van der Waals surface area contributed by atoms with Crippen LogP contribution < -0.4 is 16.0 Å². The molecule has 2 aliphatic rings. The van der Waals surface area contributed by atoms with Crippen LogP contribution >= 0.6 is 0 Å². The minimum atomic E-state index is -0.0720. The van der Waals surface area contributed by atoms with E-state index in [9.17, 15) is 9.59 Å². The number of hydrogen-bond donors (Lipinski definition) is 3. The summed E-state index contributed by atoms with van der Waals surface area (Å²) in [6, 6.07) is 0.560. The van der Waals surface area contributed by atoms with Crippen molar-refractivity contribution in [3.05, 3.63) is 0 Å². The van der Waals surface area contributed by atoms with Crippen LogP contribution in [0.2, 0.25) is 0 Å². The first-order valence-electron chi connectivity index (χ1n) is 6.47. The second kappa shape index (κ2) is 5.49. The van der Waals surface area contributed by atoms with Gasteiger partial charge in [0, 0.05) is 12.1 Å². The molecule has 0 spiro atoms. The molecule has 0 radical (unpaired) electrons. The molecule has 1 aliphatic carbocycles. The van der Waals surface area contributed by atoms with Crippen molar-refractivity contribution in [3.8, 4) is 0 Å². The van der Waals surface area contributed by atoms with Crippen LogP contribution in [0.3, 0.4) is 0 Å². The monoisotopic (exact) mass is 239 g/mol. The number of amides is 2. The number of rotatable bonds is 4. The molecule has 0 aromatic carbocycles. The molecule has 2 unspecified atom stereocenters. The fraction of sp³-hybridized carbons (Fsp3) is 0.833. The molecule has 2 rings (SSSR count). The van der Waals surface area contributed by atoms with Crippen molar-refractivity contribution < 1.29 is 9.59 Å². The van der Waals surface area contributed by atoms with Gasteiger partial charge in [-0.1, -0.05) is 0 Å². The summed E-state index contributed by atoms with van der Waals surface area (Å²) in [6.07, 6.45) is 4.08. The van der Waals surface area contributed by atoms with E-state index in [0.29, 0.717) is 6.04 Å². The smallest absolute Gasteiger partial charge is 0.239 e. The number of carbonyl (C=O) groups is 2. The summed E-state index contributed by atoms with van der Waals surface area (Å²) in [6.45, 7) is 3.11. The van der Waals surface area contributed by atoms with Crippen molar-refractivity contribution in [2.24, 2.45) is 5.92 Å². The minimum absolute atomic E-state index is 0.00234. The molecule has 17 heavy (non-hydrogen) atoms. The number of nitrogens with one attached hydrogen (secondary N) is 3. The van der Waals surface area contributed by atoms with E-state index in [4.69, 9.17) is 0 Å². The fourth-order valence-corrected chi connectivity index (χ4v) is 2.21. The van der Waals surface area contributed by atoms with Gasteiger partial charge in [0.2, 0.25) is 11.8 Å². The number of piperidine rings is 1. The van der Waals surface area contributed by atoms with Gasteiger partial charge in [-0.3, -0.25) is 9.59 Å². The summed E-state index contributed by atoms with van der Waals surface area (Å²) in [5, 5.41) is 8.86. The summed E-state index contributed by atoms with van der Waals surface area (Å²) in [5.74, 6) is -0.0783. The third-order valence-electron chi connectivity index (χ3n) is 3.46. The maximum atomic E-state index is 11.9. The second-order valence-corrected chi connectivity index (χ2v) is 5.05. The van der Waals surface area contributed by atoms with E-state index < -0.39 is 0 Å². The Bertz CT molecular complexity index is 302. The molecule has 0 aromatic heterocycles. The van der Waals surface area contributed by atoms with Gasteiger partial charge in [0.15, 0.2) is 0 Å². The lowest BCUT2D eigenvalue weighted by molar-refractivity contribution is -0.129. The summed E-state index contributed by atoms with van der Waals surface area (Å²) in [5.41, 5.74) is 0. The van der Waals surface area contributed by atoms with Crippen LogP contribution in [-0.4, -0.2) is 37.0 Å². The lowest BCUT2D eigenvalue weighted by Crippen LogP contribution is -2.48. The second-order valence-electron chi connectivity index (χ2n) is 5.05. The number of carbonyl (C=O) groups excluding carboxylic acids is 2. The average Bonchev–Trinajstić information content (AvgIpc) is 3.10. The molecule has 2 fully saturated rings. The predicted molar refractivity (Wildman–Crippen MR) is 64.4 cm³/mol. The number of hydrogen-bond acceptors (Lipinski definition) is 3. The first kappa shape index (κ1) is 12.4. The first-order chi connectivity index (χ1) is 8.16. The van der Waals surface area contributed by atoms with E-state index in [1.807, 2.05) is 6.92 Å². The Kier molecular flexibility index (Phi) is 3.99. The lowest BCUT2D eigenvalue weighted by atomic mass is 9.91. The van der Waals surface area contributed by atoms with Gasteiger partial charge in [0.05, 0.1) is 12.5 Å². The van der Waals surface area contributed by atoms with E-state index in [-0.39, 0.29) is 30.3 Å². The Balaban J connectivity index is 1.69. The fourth-order valence-electron chi connectivity index (χ4n) is 2.21. The van der Waals surface area contributed by atoms with Gasteiger partial charge in [-0.25, -0.2) is 0 Å². The van der Waals surface area contributed by atoms with Crippen molar-refractivity contribution in [1.82, 2.24) is 16.0 Å². The SMILES string of the molecule is CC1NCCCC1C(=O)NCC(=O)NC1CC1. The van der Waals surface area contributed by atoms with Gasteiger partial charge < -0.3 is 16.0 Å². The van der Waals surface area contributed by atoms with Gasteiger partial charge >= 0.3 is 0 Å². The van der Waals surface area contributed by atoms with Crippen molar-refractivity contribution in [2.45, 2.75) is 44.7 Å². The van der Waals surface area contributed by atoms with E-state index in [1.165, 1.54) is 0 Å². The average molecular weight is 239 g/mol. The van der Waals surface area contributed by atoms with Crippen LogP contribution in [0.1, 0.15) is 32.6 Å². The van der Waals surface area contributed by atoms with Crippen LogP contribution in [0.5, 0.6) is 0 Å². The third-order valence-corrected chi connectivity index (χ3v) is 3.46.